The number of rotatable bonds is 4. The van der Waals surface area contributed by atoms with Crippen LogP contribution in [0.5, 0.6) is 0 Å². The van der Waals surface area contributed by atoms with Crippen LogP contribution < -0.4 is 4.72 Å². The highest BCUT2D eigenvalue weighted by molar-refractivity contribution is 7.93. The number of hydrogen-bond donors (Lipinski definition) is 1. The molecule has 7 heteroatoms. The third-order valence-electron chi connectivity index (χ3n) is 3.45. The van der Waals surface area contributed by atoms with Gasteiger partial charge in [-0.3, -0.25) is 4.72 Å². The Labute approximate surface area is 154 Å². The van der Waals surface area contributed by atoms with Crippen LogP contribution in [0.25, 0.3) is 11.1 Å². The molecule has 0 amide bonds. The molecule has 0 aliphatic rings. The predicted molar refractivity (Wildman–Crippen MR) is 102 cm³/mol. The van der Waals surface area contributed by atoms with Gasteiger partial charge in [-0.1, -0.05) is 53.5 Å². The number of thiophene rings is 1. The van der Waals surface area contributed by atoms with Crippen LogP contribution in [0.15, 0.2) is 58.1 Å². The Kier molecular flexibility index (Phi) is 4.88. The van der Waals surface area contributed by atoms with E-state index in [-0.39, 0.29) is 9.92 Å². The second kappa shape index (κ2) is 6.76. The zero-order valence-corrected chi connectivity index (χ0v) is 15.7. The van der Waals surface area contributed by atoms with Crippen molar-refractivity contribution in [2.45, 2.75) is 11.8 Å². The highest BCUT2D eigenvalue weighted by atomic mass is 35.5. The normalized spacial score (nSPS) is 11.5. The average molecular weight is 398 g/mol. The number of nitrogens with one attached hydrogen (secondary N) is 1. The molecular formula is C17H13Cl2NO2S2. The van der Waals surface area contributed by atoms with Gasteiger partial charge in [-0.2, -0.15) is 0 Å². The lowest BCUT2D eigenvalue weighted by atomic mass is 10.1. The first-order valence-corrected chi connectivity index (χ1v) is 10.2. The first-order valence-electron chi connectivity index (χ1n) is 6.98. The van der Waals surface area contributed by atoms with Gasteiger partial charge in [0.25, 0.3) is 10.0 Å². The van der Waals surface area contributed by atoms with Gasteiger partial charge in [0, 0.05) is 21.3 Å². The maximum absolute atomic E-state index is 12.8. The molecule has 0 unspecified atom stereocenters. The summed E-state index contributed by atoms with van der Waals surface area (Å²) >= 11 is 13.5. The van der Waals surface area contributed by atoms with Crippen molar-refractivity contribution in [1.82, 2.24) is 0 Å². The Bertz CT molecular complexity index is 960. The van der Waals surface area contributed by atoms with Crippen molar-refractivity contribution < 1.29 is 8.42 Å². The van der Waals surface area contributed by atoms with E-state index in [0.717, 1.165) is 11.1 Å². The minimum atomic E-state index is -3.83. The standard InChI is InChI=1S/C17H13Cl2NO2S2/c1-11-7-13(18)8-15(19)17(11)24(21,22)20-16-10-23-9-14(16)12-5-3-2-4-6-12/h2-10,20H,1H3. The molecule has 2 aromatic carbocycles. The summed E-state index contributed by atoms with van der Waals surface area (Å²) in [7, 11) is -3.83. The fourth-order valence-corrected chi connectivity index (χ4v) is 5.57. The van der Waals surface area contributed by atoms with E-state index >= 15 is 0 Å². The van der Waals surface area contributed by atoms with Gasteiger partial charge in [0.1, 0.15) is 4.90 Å². The number of benzene rings is 2. The van der Waals surface area contributed by atoms with E-state index in [9.17, 15) is 8.42 Å². The number of anilines is 1. The largest absolute Gasteiger partial charge is 0.278 e. The van der Waals surface area contributed by atoms with Crippen LogP contribution in [0, 0.1) is 6.92 Å². The number of hydrogen-bond acceptors (Lipinski definition) is 3. The van der Waals surface area contributed by atoms with Crippen molar-refractivity contribution in [2.24, 2.45) is 0 Å². The van der Waals surface area contributed by atoms with E-state index in [1.807, 2.05) is 35.7 Å². The van der Waals surface area contributed by atoms with Gasteiger partial charge in [0.15, 0.2) is 0 Å². The minimum Gasteiger partial charge on any atom is -0.278 e. The molecule has 3 aromatic rings. The molecule has 0 radical (unpaired) electrons. The predicted octanol–water partition coefficient (Wildman–Crippen LogP) is 5.83. The van der Waals surface area contributed by atoms with Crippen LogP contribution in [0.1, 0.15) is 5.56 Å². The van der Waals surface area contributed by atoms with Gasteiger partial charge in [-0.25, -0.2) is 8.42 Å². The average Bonchev–Trinajstić information content (AvgIpc) is 2.94. The topological polar surface area (TPSA) is 46.2 Å². The number of sulfonamides is 1. The maximum atomic E-state index is 12.8. The Hall–Kier alpha value is -1.53. The molecule has 0 saturated heterocycles. The van der Waals surface area contributed by atoms with E-state index in [1.54, 1.807) is 18.4 Å². The highest BCUT2D eigenvalue weighted by Crippen LogP contribution is 2.35. The lowest BCUT2D eigenvalue weighted by Crippen LogP contribution is -2.15. The third kappa shape index (κ3) is 3.44. The van der Waals surface area contributed by atoms with Gasteiger partial charge >= 0.3 is 0 Å². The summed E-state index contributed by atoms with van der Waals surface area (Å²) in [5.41, 5.74) is 2.79. The van der Waals surface area contributed by atoms with Gasteiger partial charge in [0.05, 0.1) is 10.7 Å². The maximum Gasteiger partial charge on any atom is 0.263 e. The Morgan fingerprint density at radius 3 is 2.42 bits per heavy atom. The Balaban J connectivity index is 2.02. The third-order valence-corrected chi connectivity index (χ3v) is 6.39. The first kappa shape index (κ1) is 17.3. The summed E-state index contributed by atoms with van der Waals surface area (Å²) in [5.74, 6) is 0. The van der Waals surface area contributed by atoms with Crippen LogP contribution in [0.4, 0.5) is 5.69 Å². The van der Waals surface area contributed by atoms with E-state index < -0.39 is 10.0 Å². The smallest absolute Gasteiger partial charge is 0.263 e. The fourth-order valence-electron chi connectivity index (χ4n) is 2.44. The monoisotopic (exact) mass is 397 g/mol. The summed E-state index contributed by atoms with van der Waals surface area (Å²) in [6.45, 7) is 1.66. The molecule has 0 aliphatic carbocycles. The van der Waals surface area contributed by atoms with E-state index in [1.165, 1.54) is 17.4 Å². The minimum absolute atomic E-state index is 0.0405. The molecular weight excluding hydrogens is 385 g/mol. The lowest BCUT2D eigenvalue weighted by molar-refractivity contribution is 0.600. The molecule has 0 bridgehead atoms. The number of aryl methyl sites for hydroxylation is 1. The van der Waals surface area contributed by atoms with Crippen molar-refractivity contribution >= 4 is 50.2 Å². The molecule has 0 fully saturated rings. The van der Waals surface area contributed by atoms with E-state index in [4.69, 9.17) is 23.2 Å². The van der Waals surface area contributed by atoms with Gasteiger partial charge in [0.2, 0.25) is 0 Å². The zero-order valence-electron chi connectivity index (χ0n) is 12.6. The first-order chi connectivity index (χ1) is 11.4. The van der Waals surface area contributed by atoms with Crippen molar-refractivity contribution in [1.29, 1.82) is 0 Å². The molecule has 1 N–H and O–H groups in total. The van der Waals surface area contributed by atoms with E-state index in [0.29, 0.717) is 16.3 Å². The Morgan fingerprint density at radius 2 is 1.75 bits per heavy atom. The quantitative estimate of drug-likeness (QED) is 0.601. The second-order valence-electron chi connectivity index (χ2n) is 5.20. The summed E-state index contributed by atoms with van der Waals surface area (Å²) in [4.78, 5) is 0.0405. The SMILES string of the molecule is Cc1cc(Cl)cc(Cl)c1S(=O)(=O)Nc1cscc1-c1ccccc1. The summed E-state index contributed by atoms with van der Waals surface area (Å²) < 4.78 is 28.2. The highest BCUT2D eigenvalue weighted by Gasteiger charge is 2.23. The zero-order chi connectivity index (χ0) is 17.3. The molecule has 0 spiro atoms. The number of halogens is 2. The molecule has 1 aromatic heterocycles. The molecule has 0 aliphatic heterocycles. The van der Waals surface area contributed by atoms with Crippen LogP contribution in [0.3, 0.4) is 0 Å². The van der Waals surface area contributed by atoms with Crippen molar-refractivity contribution in [2.75, 3.05) is 4.72 Å². The molecule has 1 heterocycles. The van der Waals surface area contributed by atoms with Crippen molar-refractivity contribution in [3.05, 3.63) is 68.8 Å². The fraction of sp³-hybridized carbons (Fsp3) is 0.0588. The van der Waals surface area contributed by atoms with Crippen LogP contribution in [-0.2, 0) is 10.0 Å². The van der Waals surface area contributed by atoms with E-state index in [2.05, 4.69) is 4.72 Å². The molecule has 0 atom stereocenters. The summed E-state index contributed by atoms with van der Waals surface area (Å²) in [6, 6.07) is 12.6. The molecule has 3 rings (SSSR count). The molecule has 0 saturated carbocycles. The van der Waals surface area contributed by atoms with Crippen molar-refractivity contribution in [3.63, 3.8) is 0 Å². The summed E-state index contributed by atoms with van der Waals surface area (Å²) in [6.07, 6.45) is 0. The van der Waals surface area contributed by atoms with Gasteiger partial charge in [-0.05, 0) is 30.2 Å². The van der Waals surface area contributed by atoms with Crippen molar-refractivity contribution in [3.8, 4) is 11.1 Å². The van der Waals surface area contributed by atoms with Gasteiger partial charge < -0.3 is 0 Å². The van der Waals surface area contributed by atoms with Crippen LogP contribution in [-0.4, -0.2) is 8.42 Å². The molecule has 124 valence electrons. The molecule has 3 nitrogen and oxygen atoms in total. The molecule has 24 heavy (non-hydrogen) atoms. The van der Waals surface area contributed by atoms with Crippen LogP contribution in [0.2, 0.25) is 10.0 Å². The lowest BCUT2D eigenvalue weighted by Gasteiger charge is -2.13. The van der Waals surface area contributed by atoms with Crippen LogP contribution >= 0.6 is 34.5 Å². The Morgan fingerprint density at radius 1 is 1.04 bits per heavy atom. The van der Waals surface area contributed by atoms with Gasteiger partial charge in [-0.15, -0.1) is 11.3 Å². The summed E-state index contributed by atoms with van der Waals surface area (Å²) in [5, 5.41) is 4.17. The second-order valence-corrected chi connectivity index (χ2v) is 8.41.